The summed E-state index contributed by atoms with van der Waals surface area (Å²) >= 11 is 0. The Kier molecular flexibility index (Phi) is 4.17. The minimum absolute atomic E-state index is 0.125. The second-order valence-electron chi connectivity index (χ2n) is 6.75. The Morgan fingerprint density at radius 1 is 1.36 bits per heavy atom. The maximum Gasteiger partial charge on any atom is 0.408 e. The minimum Gasteiger partial charge on any atom is -0.478 e. The highest BCUT2D eigenvalue weighted by atomic mass is 16.6. The number of ether oxygens (including phenoxy) is 1. The van der Waals surface area contributed by atoms with Gasteiger partial charge in [-0.2, -0.15) is 5.10 Å². The van der Waals surface area contributed by atoms with E-state index in [9.17, 15) is 14.7 Å². The van der Waals surface area contributed by atoms with Crippen molar-refractivity contribution >= 4 is 12.1 Å². The van der Waals surface area contributed by atoms with Crippen LogP contribution in [0.2, 0.25) is 0 Å². The first-order valence-corrected chi connectivity index (χ1v) is 7.41. The van der Waals surface area contributed by atoms with Gasteiger partial charge in [-0.3, -0.25) is 4.68 Å². The summed E-state index contributed by atoms with van der Waals surface area (Å²) in [7, 11) is 1.69. The van der Waals surface area contributed by atoms with Crippen molar-refractivity contribution in [2.75, 3.05) is 0 Å². The van der Waals surface area contributed by atoms with Gasteiger partial charge < -0.3 is 15.2 Å². The maximum absolute atomic E-state index is 12.2. The molecule has 0 aliphatic heterocycles. The average Bonchev–Trinajstić information content (AvgIpc) is 2.93. The molecule has 7 heteroatoms. The SMILES string of the molecule is Cn1ncc(C(=O)O)c1C1(NC(=O)OC(C)(C)C)CCCC1. The van der Waals surface area contributed by atoms with Gasteiger partial charge in [0.25, 0.3) is 0 Å². The van der Waals surface area contributed by atoms with E-state index in [1.54, 1.807) is 27.8 Å². The molecule has 1 saturated carbocycles. The lowest BCUT2D eigenvalue weighted by Gasteiger charge is -2.32. The van der Waals surface area contributed by atoms with Gasteiger partial charge in [-0.25, -0.2) is 9.59 Å². The minimum atomic E-state index is -1.04. The van der Waals surface area contributed by atoms with Crippen LogP contribution >= 0.6 is 0 Å². The van der Waals surface area contributed by atoms with Crippen LogP contribution < -0.4 is 5.32 Å². The van der Waals surface area contributed by atoms with E-state index < -0.39 is 23.2 Å². The standard InChI is InChI=1S/C15H23N3O4/c1-14(2,3)22-13(21)17-15(7-5-6-8-15)11-10(12(19)20)9-16-18(11)4/h9H,5-8H2,1-4H3,(H,17,21)(H,19,20). The second kappa shape index (κ2) is 5.62. The van der Waals surface area contributed by atoms with Crippen molar-refractivity contribution in [1.29, 1.82) is 0 Å². The zero-order valence-electron chi connectivity index (χ0n) is 13.5. The summed E-state index contributed by atoms with van der Waals surface area (Å²) in [5.74, 6) is -1.04. The number of aromatic nitrogens is 2. The van der Waals surface area contributed by atoms with E-state index in [0.29, 0.717) is 18.5 Å². The van der Waals surface area contributed by atoms with Crippen molar-refractivity contribution in [3.05, 3.63) is 17.5 Å². The fourth-order valence-corrected chi connectivity index (χ4v) is 3.06. The number of rotatable bonds is 3. The Morgan fingerprint density at radius 2 is 1.95 bits per heavy atom. The van der Waals surface area contributed by atoms with Crippen LogP contribution in [0.4, 0.5) is 4.79 Å². The summed E-state index contributed by atoms with van der Waals surface area (Å²) in [5.41, 5.74) is -0.684. The van der Waals surface area contributed by atoms with Crippen LogP contribution in [-0.2, 0) is 17.3 Å². The summed E-state index contributed by atoms with van der Waals surface area (Å²) in [4.78, 5) is 23.6. The Morgan fingerprint density at radius 3 is 2.45 bits per heavy atom. The maximum atomic E-state index is 12.2. The zero-order chi connectivity index (χ0) is 16.5. The highest BCUT2D eigenvalue weighted by Gasteiger charge is 2.43. The lowest BCUT2D eigenvalue weighted by molar-refractivity contribution is 0.0444. The molecule has 0 aromatic carbocycles. The van der Waals surface area contributed by atoms with Gasteiger partial charge in [0, 0.05) is 7.05 Å². The molecular weight excluding hydrogens is 286 g/mol. The van der Waals surface area contributed by atoms with Crippen molar-refractivity contribution < 1.29 is 19.4 Å². The molecule has 2 rings (SSSR count). The fraction of sp³-hybridized carbons (Fsp3) is 0.667. The Labute approximate surface area is 129 Å². The molecule has 0 bridgehead atoms. The number of amides is 1. The molecule has 0 unspecified atom stereocenters. The summed E-state index contributed by atoms with van der Waals surface area (Å²) in [6, 6.07) is 0. The predicted octanol–water partition coefficient (Wildman–Crippen LogP) is 2.41. The molecule has 2 N–H and O–H groups in total. The number of hydrogen-bond acceptors (Lipinski definition) is 4. The summed E-state index contributed by atoms with van der Waals surface area (Å²) in [6.45, 7) is 5.38. The van der Waals surface area contributed by atoms with Crippen molar-refractivity contribution in [3.63, 3.8) is 0 Å². The molecule has 0 atom stereocenters. The number of aromatic carboxylic acids is 1. The van der Waals surface area contributed by atoms with Crippen molar-refractivity contribution in [1.82, 2.24) is 15.1 Å². The molecule has 122 valence electrons. The first-order valence-electron chi connectivity index (χ1n) is 7.41. The van der Waals surface area contributed by atoms with E-state index in [4.69, 9.17) is 4.74 Å². The zero-order valence-corrected chi connectivity index (χ0v) is 13.5. The molecule has 1 aromatic rings. The van der Waals surface area contributed by atoms with E-state index in [0.717, 1.165) is 12.8 Å². The molecule has 1 fully saturated rings. The van der Waals surface area contributed by atoms with Crippen LogP contribution in [-0.4, -0.2) is 32.6 Å². The Bertz CT molecular complexity index is 580. The van der Waals surface area contributed by atoms with Crippen molar-refractivity contribution in [3.8, 4) is 0 Å². The number of carboxylic acid groups (broad SMARTS) is 1. The summed E-state index contributed by atoms with van der Waals surface area (Å²) in [6.07, 6.45) is 3.97. The number of nitrogens with zero attached hydrogens (tertiary/aromatic N) is 2. The van der Waals surface area contributed by atoms with E-state index in [1.807, 2.05) is 0 Å². The number of alkyl carbamates (subject to hydrolysis) is 1. The number of nitrogens with one attached hydrogen (secondary N) is 1. The van der Waals surface area contributed by atoms with Gasteiger partial charge in [-0.05, 0) is 33.6 Å². The molecular formula is C15H23N3O4. The van der Waals surface area contributed by atoms with Gasteiger partial charge in [0.15, 0.2) is 0 Å². The van der Waals surface area contributed by atoms with Crippen LogP contribution in [0.1, 0.15) is 62.5 Å². The number of carbonyl (C=O) groups excluding carboxylic acids is 1. The predicted molar refractivity (Wildman–Crippen MR) is 79.7 cm³/mol. The lowest BCUT2D eigenvalue weighted by atomic mass is 9.90. The van der Waals surface area contributed by atoms with E-state index >= 15 is 0 Å². The highest BCUT2D eigenvalue weighted by Crippen LogP contribution is 2.40. The third kappa shape index (κ3) is 3.23. The first-order chi connectivity index (χ1) is 10.1. The fourth-order valence-electron chi connectivity index (χ4n) is 3.06. The molecule has 1 amide bonds. The second-order valence-corrected chi connectivity index (χ2v) is 6.75. The largest absolute Gasteiger partial charge is 0.478 e. The van der Waals surface area contributed by atoms with Gasteiger partial charge in [-0.15, -0.1) is 0 Å². The smallest absolute Gasteiger partial charge is 0.408 e. The van der Waals surface area contributed by atoms with Crippen LogP contribution in [0.5, 0.6) is 0 Å². The third-order valence-electron chi connectivity index (χ3n) is 3.82. The topological polar surface area (TPSA) is 93.5 Å². The molecule has 1 aromatic heterocycles. The molecule has 0 radical (unpaired) electrons. The molecule has 1 aliphatic carbocycles. The van der Waals surface area contributed by atoms with Gasteiger partial charge in [0.1, 0.15) is 11.2 Å². The van der Waals surface area contributed by atoms with Gasteiger partial charge >= 0.3 is 12.1 Å². The third-order valence-corrected chi connectivity index (χ3v) is 3.82. The Balaban J connectivity index is 2.36. The van der Waals surface area contributed by atoms with Crippen molar-refractivity contribution in [2.24, 2.45) is 7.05 Å². The van der Waals surface area contributed by atoms with Gasteiger partial charge in [0.05, 0.1) is 17.4 Å². The molecule has 22 heavy (non-hydrogen) atoms. The number of carbonyl (C=O) groups is 2. The number of aryl methyl sites for hydroxylation is 1. The summed E-state index contributed by atoms with van der Waals surface area (Å²) in [5, 5.41) is 16.3. The lowest BCUT2D eigenvalue weighted by Crippen LogP contribution is -2.47. The monoisotopic (exact) mass is 309 g/mol. The average molecular weight is 309 g/mol. The molecule has 0 saturated heterocycles. The van der Waals surface area contributed by atoms with Crippen LogP contribution in [0.15, 0.2) is 6.20 Å². The van der Waals surface area contributed by atoms with Gasteiger partial charge in [-0.1, -0.05) is 12.8 Å². The first kappa shape index (κ1) is 16.3. The normalized spacial score (nSPS) is 17.3. The molecule has 0 spiro atoms. The quantitative estimate of drug-likeness (QED) is 0.894. The molecule has 1 heterocycles. The van der Waals surface area contributed by atoms with Gasteiger partial charge in [0.2, 0.25) is 0 Å². The van der Waals surface area contributed by atoms with E-state index in [-0.39, 0.29) is 5.56 Å². The van der Waals surface area contributed by atoms with E-state index in [1.165, 1.54) is 10.9 Å². The Hall–Kier alpha value is -2.05. The molecule has 1 aliphatic rings. The van der Waals surface area contributed by atoms with Crippen LogP contribution in [0, 0.1) is 0 Å². The van der Waals surface area contributed by atoms with E-state index in [2.05, 4.69) is 10.4 Å². The van der Waals surface area contributed by atoms with Crippen LogP contribution in [0.25, 0.3) is 0 Å². The number of hydrogen-bond donors (Lipinski definition) is 2. The van der Waals surface area contributed by atoms with Crippen LogP contribution in [0.3, 0.4) is 0 Å². The number of carboxylic acids is 1. The molecule has 7 nitrogen and oxygen atoms in total. The summed E-state index contributed by atoms with van der Waals surface area (Å²) < 4.78 is 6.87. The highest BCUT2D eigenvalue weighted by molar-refractivity contribution is 5.89. The van der Waals surface area contributed by atoms with Crippen molar-refractivity contribution in [2.45, 2.75) is 57.6 Å².